The Bertz CT molecular complexity index is 331. The maximum atomic E-state index is 5.19. The Kier molecular flexibility index (Phi) is 5.94. The lowest BCUT2D eigenvalue weighted by Gasteiger charge is -2.20. The van der Waals surface area contributed by atoms with Crippen LogP contribution in [-0.4, -0.2) is 32.9 Å². The van der Waals surface area contributed by atoms with Gasteiger partial charge in [-0.1, -0.05) is 6.92 Å². The minimum atomic E-state index is 0.280. The number of aromatic nitrogens is 1. The van der Waals surface area contributed by atoms with Crippen LogP contribution in [0.5, 0.6) is 5.75 Å². The number of pyridine rings is 1. The maximum absolute atomic E-state index is 5.19. The topological polar surface area (TPSA) is 43.4 Å². The van der Waals surface area contributed by atoms with Crippen molar-refractivity contribution in [3.05, 3.63) is 24.0 Å². The summed E-state index contributed by atoms with van der Waals surface area (Å²) in [6.45, 7) is 2.96. The first-order valence-corrected chi connectivity index (χ1v) is 5.86. The highest BCUT2D eigenvalue weighted by atomic mass is 16.5. The third-order valence-corrected chi connectivity index (χ3v) is 2.81. The van der Waals surface area contributed by atoms with Crippen LogP contribution in [0, 0.1) is 5.92 Å². The summed E-state index contributed by atoms with van der Waals surface area (Å²) >= 11 is 0. The van der Waals surface area contributed by atoms with Gasteiger partial charge in [0.25, 0.3) is 0 Å². The van der Waals surface area contributed by atoms with Gasteiger partial charge in [-0.3, -0.25) is 4.98 Å². The molecule has 4 heteroatoms. The van der Waals surface area contributed by atoms with Gasteiger partial charge in [-0.25, -0.2) is 0 Å². The van der Waals surface area contributed by atoms with Crippen LogP contribution in [0.4, 0.5) is 0 Å². The van der Waals surface area contributed by atoms with E-state index in [2.05, 4.69) is 17.2 Å². The van der Waals surface area contributed by atoms with E-state index in [1.807, 2.05) is 19.3 Å². The standard InChI is InChI=1S/C13H22N2O2/c1-10(9-16-3)5-13(14-2)11-6-12(17-4)8-15-7-11/h6-8,10,13-14H,5,9H2,1-4H3. The van der Waals surface area contributed by atoms with Crippen molar-refractivity contribution >= 4 is 0 Å². The molecule has 0 aromatic carbocycles. The zero-order chi connectivity index (χ0) is 12.7. The molecular weight excluding hydrogens is 216 g/mol. The monoisotopic (exact) mass is 238 g/mol. The molecule has 0 fully saturated rings. The van der Waals surface area contributed by atoms with E-state index >= 15 is 0 Å². The molecule has 0 aliphatic rings. The fraction of sp³-hybridized carbons (Fsp3) is 0.615. The van der Waals surface area contributed by atoms with Crippen molar-refractivity contribution < 1.29 is 9.47 Å². The molecule has 1 N–H and O–H groups in total. The van der Waals surface area contributed by atoms with Crippen LogP contribution in [0.15, 0.2) is 18.5 Å². The van der Waals surface area contributed by atoms with E-state index in [1.165, 1.54) is 0 Å². The lowest BCUT2D eigenvalue weighted by Crippen LogP contribution is -2.21. The van der Waals surface area contributed by atoms with Crippen molar-refractivity contribution in [3.8, 4) is 5.75 Å². The van der Waals surface area contributed by atoms with E-state index in [1.54, 1.807) is 20.4 Å². The maximum Gasteiger partial charge on any atom is 0.137 e. The first kappa shape index (κ1) is 13.9. The van der Waals surface area contributed by atoms with Crippen LogP contribution in [0.1, 0.15) is 24.9 Å². The molecule has 0 saturated heterocycles. The van der Waals surface area contributed by atoms with Crippen LogP contribution in [-0.2, 0) is 4.74 Å². The van der Waals surface area contributed by atoms with Crippen LogP contribution < -0.4 is 10.1 Å². The number of nitrogens with one attached hydrogen (secondary N) is 1. The molecule has 0 bridgehead atoms. The van der Waals surface area contributed by atoms with Gasteiger partial charge in [0.05, 0.1) is 13.3 Å². The van der Waals surface area contributed by atoms with Crippen molar-refractivity contribution in [1.82, 2.24) is 10.3 Å². The van der Waals surface area contributed by atoms with E-state index in [0.29, 0.717) is 5.92 Å². The van der Waals surface area contributed by atoms with Gasteiger partial charge in [0.1, 0.15) is 5.75 Å². The van der Waals surface area contributed by atoms with Gasteiger partial charge in [0, 0.05) is 26.0 Å². The molecule has 0 saturated carbocycles. The number of hydrogen-bond donors (Lipinski definition) is 1. The van der Waals surface area contributed by atoms with Crippen LogP contribution in [0.25, 0.3) is 0 Å². The molecule has 1 rings (SSSR count). The Morgan fingerprint density at radius 2 is 2.12 bits per heavy atom. The Hall–Kier alpha value is -1.13. The van der Waals surface area contributed by atoms with Gasteiger partial charge in [-0.15, -0.1) is 0 Å². The van der Waals surface area contributed by atoms with Crippen LogP contribution in [0.3, 0.4) is 0 Å². The first-order valence-electron chi connectivity index (χ1n) is 5.86. The summed E-state index contributed by atoms with van der Waals surface area (Å²) < 4.78 is 10.3. The molecule has 2 unspecified atom stereocenters. The average molecular weight is 238 g/mol. The summed E-state index contributed by atoms with van der Waals surface area (Å²) in [6.07, 6.45) is 4.61. The SMILES string of the molecule is CNC(CC(C)COC)c1cncc(OC)c1. The lowest BCUT2D eigenvalue weighted by molar-refractivity contribution is 0.150. The molecule has 0 spiro atoms. The Morgan fingerprint density at radius 1 is 1.35 bits per heavy atom. The largest absolute Gasteiger partial charge is 0.495 e. The van der Waals surface area contributed by atoms with Crippen molar-refractivity contribution in [3.63, 3.8) is 0 Å². The highest BCUT2D eigenvalue weighted by Crippen LogP contribution is 2.23. The Morgan fingerprint density at radius 3 is 2.71 bits per heavy atom. The predicted molar refractivity (Wildman–Crippen MR) is 68.2 cm³/mol. The number of rotatable bonds is 7. The van der Waals surface area contributed by atoms with E-state index in [0.717, 1.165) is 24.3 Å². The zero-order valence-corrected chi connectivity index (χ0v) is 11.1. The van der Waals surface area contributed by atoms with Gasteiger partial charge in [0.15, 0.2) is 0 Å². The van der Waals surface area contributed by atoms with Crippen molar-refractivity contribution in [2.45, 2.75) is 19.4 Å². The fourth-order valence-electron chi connectivity index (χ4n) is 1.91. The van der Waals surface area contributed by atoms with Gasteiger partial charge in [-0.05, 0) is 31.0 Å². The number of hydrogen-bond acceptors (Lipinski definition) is 4. The number of methoxy groups -OCH3 is 2. The normalized spacial score (nSPS) is 14.4. The molecule has 4 nitrogen and oxygen atoms in total. The molecular formula is C13H22N2O2. The van der Waals surface area contributed by atoms with Crippen LogP contribution >= 0.6 is 0 Å². The summed E-state index contributed by atoms with van der Waals surface area (Å²) in [5, 5.41) is 3.31. The number of nitrogens with zero attached hydrogens (tertiary/aromatic N) is 1. The Labute approximate surface area is 103 Å². The highest BCUT2D eigenvalue weighted by Gasteiger charge is 2.14. The second-order valence-electron chi connectivity index (χ2n) is 4.30. The molecule has 2 atom stereocenters. The molecule has 96 valence electrons. The molecule has 1 aromatic rings. The minimum absolute atomic E-state index is 0.280. The third-order valence-electron chi connectivity index (χ3n) is 2.81. The second kappa shape index (κ2) is 7.25. The quantitative estimate of drug-likeness (QED) is 0.789. The molecule has 1 heterocycles. The summed E-state index contributed by atoms with van der Waals surface area (Å²) in [5.41, 5.74) is 1.15. The first-order chi connectivity index (χ1) is 8.21. The van der Waals surface area contributed by atoms with E-state index in [-0.39, 0.29) is 6.04 Å². The molecule has 0 aliphatic carbocycles. The number of ether oxygens (including phenoxy) is 2. The fourth-order valence-corrected chi connectivity index (χ4v) is 1.91. The molecule has 0 radical (unpaired) electrons. The summed E-state index contributed by atoms with van der Waals surface area (Å²) in [7, 11) is 5.35. The van der Waals surface area contributed by atoms with Gasteiger partial charge < -0.3 is 14.8 Å². The second-order valence-corrected chi connectivity index (χ2v) is 4.30. The van der Waals surface area contributed by atoms with Gasteiger partial charge in [0.2, 0.25) is 0 Å². The van der Waals surface area contributed by atoms with E-state index < -0.39 is 0 Å². The molecule has 1 aromatic heterocycles. The molecule has 0 aliphatic heterocycles. The van der Waals surface area contributed by atoms with Crippen molar-refractivity contribution in [2.75, 3.05) is 27.9 Å². The summed E-state index contributed by atoms with van der Waals surface area (Å²) in [6, 6.07) is 2.30. The van der Waals surface area contributed by atoms with Crippen molar-refractivity contribution in [1.29, 1.82) is 0 Å². The van der Waals surface area contributed by atoms with Gasteiger partial charge in [-0.2, -0.15) is 0 Å². The lowest BCUT2D eigenvalue weighted by atomic mass is 9.97. The summed E-state index contributed by atoms with van der Waals surface area (Å²) in [5.74, 6) is 1.30. The third kappa shape index (κ3) is 4.32. The predicted octanol–water partition coefficient (Wildman–Crippen LogP) is 2.02. The summed E-state index contributed by atoms with van der Waals surface area (Å²) in [4.78, 5) is 4.18. The van der Waals surface area contributed by atoms with E-state index in [9.17, 15) is 0 Å². The van der Waals surface area contributed by atoms with E-state index in [4.69, 9.17) is 9.47 Å². The zero-order valence-electron chi connectivity index (χ0n) is 11.1. The average Bonchev–Trinajstić information content (AvgIpc) is 2.36. The van der Waals surface area contributed by atoms with Gasteiger partial charge >= 0.3 is 0 Å². The molecule has 17 heavy (non-hydrogen) atoms. The molecule has 0 amide bonds. The van der Waals surface area contributed by atoms with Crippen LogP contribution in [0.2, 0.25) is 0 Å². The minimum Gasteiger partial charge on any atom is -0.495 e. The van der Waals surface area contributed by atoms with Crippen molar-refractivity contribution in [2.24, 2.45) is 5.92 Å². The Balaban J connectivity index is 2.71. The smallest absolute Gasteiger partial charge is 0.137 e. The highest BCUT2D eigenvalue weighted by molar-refractivity contribution is 5.25.